The van der Waals surface area contributed by atoms with Crippen LogP contribution in [0.25, 0.3) is 0 Å². The molecule has 0 atom stereocenters. The van der Waals surface area contributed by atoms with E-state index in [2.05, 4.69) is 45.0 Å². The number of hydrogen-bond donors (Lipinski definition) is 4. The molecule has 38 heavy (non-hydrogen) atoms. The summed E-state index contributed by atoms with van der Waals surface area (Å²) in [5.74, 6) is 6.60. The number of likely N-dealkylation sites (N-methyl/N-ethyl adjacent to an activating group) is 1. The van der Waals surface area contributed by atoms with E-state index in [-0.39, 0.29) is 5.91 Å². The Morgan fingerprint density at radius 3 is 2.55 bits per heavy atom. The summed E-state index contributed by atoms with van der Waals surface area (Å²) in [6, 6.07) is 17.1. The average molecular weight is 512 g/mol. The van der Waals surface area contributed by atoms with Crippen molar-refractivity contribution in [3.05, 3.63) is 78.5 Å². The first-order valence-electron chi connectivity index (χ1n) is 12.5. The molecule has 2 heterocycles. The second-order valence-corrected chi connectivity index (χ2v) is 8.98. The normalized spacial score (nSPS) is 13.4. The molecule has 0 saturated carbocycles. The van der Waals surface area contributed by atoms with Crippen LogP contribution in [0.5, 0.6) is 0 Å². The van der Waals surface area contributed by atoms with Crippen molar-refractivity contribution in [2.45, 2.75) is 13.5 Å². The van der Waals surface area contributed by atoms with Crippen molar-refractivity contribution < 1.29 is 4.79 Å². The molecule has 1 aliphatic heterocycles. The standard InChI is InChI=1S/C28H33N9O/c1-3-28(38)34-25-15-23(36-13-11-35(4-2)12-14-36)9-10-26(25)37(31)27-16-24(21(17-29)19-33-27)32-18-20-5-7-22(30)8-6-20/h3,5-10,15-16,19H,1,4,11-14,18,30-31H2,2H3,(H,32,33)(H,34,38). The largest absolute Gasteiger partial charge is 0.399 e. The van der Waals surface area contributed by atoms with Crippen LogP contribution in [0.2, 0.25) is 0 Å². The van der Waals surface area contributed by atoms with Crippen LogP contribution in [0.1, 0.15) is 18.1 Å². The Morgan fingerprint density at radius 1 is 1.16 bits per heavy atom. The minimum atomic E-state index is -0.341. The molecule has 1 aromatic heterocycles. The summed E-state index contributed by atoms with van der Waals surface area (Å²) in [7, 11) is 0. The maximum atomic E-state index is 12.3. The van der Waals surface area contributed by atoms with Crippen LogP contribution in [0.15, 0.2) is 67.4 Å². The molecular formula is C28H33N9O. The number of rotatable bonds is 9. The highest BCUT2D eigenvalue weighted by Crippen LogP contribution is 2.34. The zero-order valence-electron chi connectivity index (χ0n) is 21.5. The number of aromatic nitrogens is 1. The van der Waals surface area contributed by atoms with Gasteiger partial charge in [-0.05, 0) is 48.5 Å². The fraction of sp³-hybridized carbons (Fsp3) is 0.250. The number of hydrogen-bond acceptors (Lipinski definition) is 9. The molecule has 0 radical (unpaired) electrons. The highest BCUT2D eigenvalue weighted by Gasteiger charge is 2.20. The molecule has 0 bridgehead atoms. The van der Waals surface area contributed by atoms with E-state index in [4.69, 9.17) is 11.6 Å². The van der Waals surface area contributed by atoms with Crippen molar-refractivity contribution in [1.82, 2.24) is 9.88 Å². The van der Waals surface area contributed by atoms with E-state index in [9.17, 15) is 10.1 Å². The third-order valence-electron chi connectivity index (χ3n) is 6.59. The molecule has 0 aliphatic carbocycles. The third-order valence-corrected chi connectivity index (χ3v) is 6.59. The maximum absolute atomic E-state index is 12.3. The van der Waals surface area contributed by atoms with Gasteiger partial charge in [0.25, 0.3) is 0 Å². The lowest BCUT2D eigenvalue weighted by atomic mass is 10.1. The van der Waals surface area contributed by atoms with E-state index in [1.54, 1.807) is 6.07 Å². The van der Waals surface area contributed by atoms with Gasteiger partial charge in [-0.2, -0.15) is 5.26 Å². The minimum absolute atomic E-state index is 0.341. The number of piperazine rings is 1. The number of carbonyl (C=O) groups excluding carboxylic acids is 1. The highest BCUT2D eigenvalue weighted by atomic mass is 16.1. The van der Waals surface area contributed by atoms with Crippen LogP contribution < -0.4 is 32.1 Å². The lowest BCUT2D eigenvalue weighted by Gasteiger charge is -2.36. The van der Waals surface area contributed by atoms with Gasteiger partial charge in [0.05, 0.1) is 22.6 Å². The van der Waals surface area contributed by atoms with Crippen molar-refractivity contribution in [3.8, 4) is 6.07 Å². The van der Waals surface area contributed by atoms with Gasteiger partial charge in [0.15, 0.2) is 0 Å². The van der Waals surface area contributed by atoms with Crippen molar-refractivity contribution in [3.63, 3.8) is 0 Å². The number of nitrogens with zero attached hydrogens (tertiary/aromatic N) is 5. The molecule has 0 unspecified atom stereocenters. The molecule has 196 valence electrons. The van der Waals surface area contributed by atoms with Crippen LogP contribution in [0.4, 0.5) is 34.3 Å². The molecule has 1 amide bonds. The Balaban J connectivity index is 1.60. The number of amides is 1. The van der Waals surface area contributed by atoms with Crippen molar-refractivity contribution in [2.24, 2.45) is 5.84 Å². The van der Waals surface area contributed by atoms with Gasteiger partial charge >= 0.3 is 0 Å². The number of benzene rings is 2. The molecule has 3 aromatic rings. The van der Waals surface area contributed by atoms with E-state index >= 15 is 0 Å². The van der Waals surface area contributed by atoms with E-state index < -0.39 is 0 Å². The molecule has 4 rings (SSSR count). The van der Waals surface area contributed by atoms with Crippen LogP contribution in [0, 0.1) is 11.3 Å². The summed E-state index contributed by atoms with van der Waals surface area (Å²) in [6.45, 7) is 11.0. The van der Waals surface area contributed by atoms with Gasteiger partial charge < -0.3 is 26.2 Å². The first-order valence-corrected chi connectivity index (χ1v) is 12.5. The molecule has 10 nitrogen and oxygen atoms in total. The number of anilines is 6. The Bertz CT molecular complexity index is 1330. The average Bonchev–Trinajstić information content (AvgIpc) is 2.96. The van der Waals surface area contributed by atoms with Crippen LogP contribution in [-0.4, -0.2) is 48.5 Å². The predicted molar refractivity (Wildman–Crippen MR) is 153 cm³/mol. The van der Waals surface area contributed by atoms with Crippen LogP contribution >= 0.6 is 0 Å². The third kappa shape index (κ3) is 6.21. The number of pyridine rings is 1. The van der Waals surface area contributed by atoms with Crippen molar-refractivity contribution in [1.29, 1.82) is 5.26 Å². The van der Waals surface area contributed by atoms with Gasteiger partial charge in [0.1, 0.15) is 11.9 Å². The summed E-state index contributed by atoms with van der Waals surface area (Å²) >= 11 is 0. The zero-order chi connectivity index (χ0) is 27.1. The first-order chi connectivity index (χ1) is 18.4. The van der Waals surface area contributed by atoms with Gasteiger partial charge in [0.2, 0.25) is 5.91 Å². The summed E-state index contributed by atoms with van der Waals surface area (Å²) in [6.07, 6.45) is 2.70. The summed E-state index contributed by atoms with van der Waals surface area (Å²) in [4.78, 5) is 21.4. The Morgan fingerprint density at radius 2 is 1.89 bits per heavy atom. The quantitative estimate of drug-likeness (QED) is 0.147. The summed E-state index contributed by atoms with van der Waals surface area (Å²) < 4.78 is 0. The molecule has 1 fully saturated rings. The zero-order valence-corrected chi connectivity index (χ0v) is 21.5. The van der Waals surface area contributed by atoms with Crippen LogP contribution in [-0.2, 0) is 11.3 Å². The van der Waals surface area contributed by atoms with Crippen molar-refractivity contribution in [2.75, 3.05) is 59.0 Å². The molecule has 1 aliphatic rings. The SMILES string of the molecule is C=CC(=O)Nc1cc(N2CCN(CC)CC2)ccc1N(N)c1cc(NCc2ccc(N)cc2)c(C#N)cn1. The fourth-order valence-corrected chi connectivity index (χ4v) is 4.30. The highest BCUT2D eigenvalue weighted by molar-refractivity contribution is 6.02. The number of nitrogens with one attached hydrogen (secondary N) is 2. The number of nitriles is 1. The monoisotopic (exact) mass is 511 g/mol. The Kier molecular flexibility index (Phi) is 8.43. The number of nitrogens with two attached hydrogens (primary N) is 2. The summed E-state index contributed by atoms with van der Waals surface area (Å²) in [5, 5.41) is 17.2. The smallest absolute Gasteiger partial charge is 0.247 e. The first kappa shape index (κ1) is 26.5. The lowest BCUT2D eigenvalue weighted by molar-refractivity contribution is -0.111. The molecule has 0 spiro atoms. The molecule has 10 heteroatoms. The molecule has 1 saturated heterocycles. The van der Waals surface area contributed by atoms with E-state index in [0.717, 1.165) is 44.0 Å². The number of nitrogen functional groups attached to an aromatic ring is 1. The van der Waals surface area contributed by atoms with Gasteiger partial charge in [-0.1, -0.05) is 25.6 Å². The predicted octanol–water partition coefficient (Wildman–Crippen LogP) is 3.43. The van der Waals surface area contributed by atoms with Gasteiger partial charge in [0, 0.05) is 56.4 Å². The van der Waals surface area contributed by atoms with Gasteiger partial charge in [-0.25, -0.2) is 10.8 Å². The minimum Gasteiger partial charge on any atom is -0.399 e. The van der Waals surface area contributed by atoms with E-state index in [0.29, 0.717) is 40.7 Å². The molecule has 6 N–H and O–H groups in total. The Labute approximate surface area is 223 Å². The molecule has 2 aromatic carbocycles. The van der Waals surface area contributed by atoms with Crippen molar-refractivity contribution >= 4 is 40.2 Å². The topological polar surface area (TPSA) is 140 Å². The number of hydrazine groups is 1. The van der Waals surface area contributed by atoms with Gasteiger partial charge in [-0.15, -0.1) is 0 Å². The number of carbonyl (C=O) groups is 1. The van der Waals surface area contributed by atoms with Gasteiger partial charge in [-0.3, -0.25) is 9.80 Å². The lowest BCUT2D eigenvalue weighted by Crippen LogP contribution is -2.46. The molecular weight excluding hydrogens is 478 g/mol. The summed E-state index contributed by atoms with van der Waals surface area (Å²) in [5.41, 5.74) is 10.5. The second kappa shape index (κ2) is 12.1. The van der Waals surface area contributed by atoms with E-state index in [1.807, 2.05) is 42.5 Å². The Hall–Kier alpha value is -4.59. The second-order valence-electron chi connectivity index (χ2n) is 8.98. The maximum Gasteiger partial charge on any atom is 0.247 e. The fourth-order valence-electron chi connectivity index (χ4n) is 4.30. The van der Waals surface area contributed by atoms with Crippen LogP contribution in [0.3, 0.4) is 0 Å². The van der Waals surface area contributed by atoms with E-state index in [1.165, 1.54) is 17.3 Å².